The molecule has 1 heteroatoms. The van der Waals surface area contributed by atoms with Crippen molar-refractivity contribution in [2.45, 2.75) is 139 Å². The van der Waals surface area contributed by atoms with E-state index in [1.807, 2.05) is 0 Å². The number of benzene rings is 1. The van der Waals surface area contributed by atoms with E-state index in [-0.39, 0.29) is 5.60 Å². The van der Waals surface area contributed by atoms with Crippen molar-refractivity contribution in [3.05, 3.63) is 27.8 Å². The van der Waals surface area contributed by atoms with Crippen molar-refractivity contribution >= 4 is 0 Å². The van der Waals surface area contributed by atoms with Gasteiger partial charge in [0.2, 0.25) is 0 Å². The van der Waals surface area contributed by atoms with Crippen LogP contribution < -0.4 is 4.74 Å². The lowest BCUT2D eigenvalue weighted by atomic mass is 9.83. The van der Waals surface area contributed by atoms with Crippen LogP contribution in [0.1, 0.15) is 127 Å². The molecule has 0 aliphatic carbocycles. The van der Waals surface area contributed by atoms with Crippen molar-refractivity contribution in [3.63, 3.8) is 0 Å². The molecular weight excluding hydrogens is 376 g/mol. The van der Waals surface area contributed by atoms with Crippen LogP contribution in [0.25, 0.3) is 0 Å². The smallest absolute Gasteiger partial charge is 0.126 e. The zero-order chi connectivity index (χ0) is 23.2. The lowest BCUT2D eigenvalue weighted by Gasteiger charge is -2.38. The van der Waals surface area contributed by atoms with Crippen molar-refractivity contribution in [2.24, 2.45) is 17.8 Å². The molecule has 2 rings (SSSR count). The van der Waals surface area contributed by atoms with Gasteiger partial charge in [0.15, 0.2) is 0 Å². The summed E-state index contributed by atoms with van der Waals surface area (Å²) in [6.45, 7) is 21.0. The van der Waals surface area contributed by atoms with E-state index in [1.54, 1.807) is 0 Å². The maximum Gasteiger partial charge on any atom is 0.126 e. The Kier molecular flexibility index (Phi) is 9.97. The van der Waals surface area contributed by atoms with Crippen LogP contribution in [0.4, 0.5) is 0 Å². The number of ether oxygens (including phenoxy) is 1. The van der Waals surface area contributed by atoms with Gasteiger partial charge in [0.1, 0.15) is 11.4 Å². The molecule has 0 amide bonds. The van der Waals surface area contributed by atoms with Crippen molar-refractivity contribution in [1.29, 1.82) is 0 Å². The largest absolute Gasteiger partial charge is 0.487 e. The minimum atomic E-state index is 0.0105. The highest BCUT2D eigenvalue weighted by Gasteiger charge is 2.33. The predicted octanol–water partition coefficient (Wildman–Crippen LogP) is 9.44. The van der Waals surface area contributed by atoms with Crippen LogP contribution in [0, 0.1) is 45.4 Å². The van der Waals surface area contributed by atoms with Gasteiger partial charge in [-0.15, -0.1) is 0 Å². The summed E-state index contributed by atoms with van der Waals surface area (Å²) < 4.78 is 6.72. The molecule has 3 atom stereocenters. The van der Waals surface area contributed by atoms with Crippen LogP contribution >= 0.6 is 0 Å². The summed E-state index contributed by atoms with van der Waals surface area (Å²) in [4.78, 5) is 0. The second-order valence-corrected chi connectivity index (χ2v) is 11.7. The van der Waals surface area contributed by atoms with Crippen LogP contribution in [0.3, 0.4) is 0 Å². The Morgan fingerprint density at radius 2 is 1.23 bits per heavy atom. The summed E-state index contributed by atoms with van der Waals surface area (Å²) in [5.74, 6) is 3.81. The van der Waals surface area contributed by atoms with Gasteiger partial charge in [-0.25, -0.2) is 0 Å². The molecule has 1 aliphatic heterocycles. The van der Waals surface area contributed by atoms with E-state index in [2.05, 4.69) is 62.3 Å². The Balaban J connectivity index is 1.74. The van der Waals surface area contributed by atoms with Crippen LogP contribution in [-0.2, 0) is 6.42 Å². The van der Waals surface area contributed by atoms with Gasteiger partial charge in [-0.2, -0.15) is 0 Å². The first kappa shape index (κ1) is 26.3. The molecule has 0 saturated carbocycles. The average molecular weight is 429 g/mol. The fraction of sp³-hybridized carbons (Fsp3) is 0.800. The predicted molar refractivity (Wildman–Crippen MR) is 137 cm³/mol. The maximum atomic E-state index is 6.72. The summed E-state index contributed by atoms with van der Waals surface area (Å²) in [5, 5.41) is 0. The van der Waals surface area contributed by atoms with Gasteiger partial charge in [-0.1, -0.05) is 72.6 Å². The Hall–Kier alpha value is -0.980. The molecule has 1 aromatic rings. The van der Waals surface area contributed by atoms with E-state index >= 15 is 0 Å². The summed E-state index contributed by atoms with van der Waals surface area (Å²) >= 11 is 0. The number of hydrogen-bond acceptors (Lipinski definition) is 1. The van der Waals surface area contributed by atoms with Gasteiger partial charge in [-0.3, -0.25) is 0 Å². The van der Waals surface area contributed by atoms with Crippen LogP contribution in [-0.4, -0.2) is 5.60 Å². The molecule has 31 heavy (non-hydrogen) atoms. The van der Waals surface area contributed by atoms with Gasteiger partial charge >= 0.3 is 0 Å². The highest BCUT2D eigenvalue weighted by molar-refractivity contribution is 5.55. The molecule has 0 spiro atoms. The molecule has 0 bridgehead atoms. The molecule has 178 valence electrons. The third-order valence-electron chi connectivity index (χ3n) is 8.28. The van der Waals surface area contributed by atoms with Crippen LogP contribution in [0.5, 0.6) is 5.75 Å². The maximum absolute atomic E-state index is 6.72. The minimum absolute atomic E-state index is 0.0105. The molecule has 0 fully saturated rings. The first-order valence-electron chi connectivity index (χ1n) is 13.3. The fourth-order valence-corrected chi connectivity index (χ4v) is 5.46. The molecule has 1 heterocycles. The minimum Gasteiger partial charge on any atom is -0.487 e. The fourth-order valence-electron chi connectivity index (χ4n) is 5.46. The van der Waals surface area contributed by atoms with Gasteiger partial charge in [0, 0.05) is 0 Å². The average Bonchev–Trinajstić information content (AvgIpc) is 2.70. The Bertz CT molecular complexity index is 701. The van der Waals surface area contributed by atoms with E-state index in [1.165, 1.54) is 97.8 Å². The van der Waals surface area contributed by atoms with Gasteiger partial charge in [0.05, 0.1) is 0 Å². The Morgan fingerprint density at radius 3 is 1.81 bits per heavy atom. The van der Waals surface area contributed by atoms with Crippen LogP contribution in [0.2, 0.25) is 0 Å². The van der Waals surface area contributed by atoms with Gasteiger partial charge in [0.25, 0.3) is 0 Å². The lowest BCUT2D eigenvalue weighted by Crippen LogP contribution is -2.37. The van der Waals surface area contributed by atoms with E-state index < -0.39 is 0 Å². The van der Waals surface area contributed by atoms with E-state index in [9.17, 15) is 0 Å². The molecule has 0 N–H and O–H groups in total. The van der Waals surface area contributed by atoms with Crippen molar-refractivity contribution in [2.75, 3.05) is 0 Å². The van der Waals surface area contributed by atoms with Gasteiger partial charge < -0.3 is 4.74 Å². The van der Waals surface area contributed by atoms with E-state index in [0.717, 1.165) is 24.2 Å². The molecule has 1 aliphatic rings. The molecule has 0 saturated heterocycles. The highest BCUT2D eigenvalue weighted by atomic mass is 16.5. The van der Waals surface area contributed by atoms with E-state index in [4.69, 9.17) is 4.74 Å². The Morgan fingerprint density at radius 1 is 0.710 bits per heavy atom. The summed E-state index contributed by atoms with van der Waals surface area (Å²) in [7, 11) is 0. The monoisotopic (exact) mass is 428 g/mol. The van der Waals surface area contributed by atoms with E-state index in [0.29, 0.717) is 0 Å². The zero-order valence-corrected chi connectivity index (χ0v) is 22.4. The lowest BCUT2D eigenvalue weighted by molar-refractivity contribution is 0.0513. The number of rotatable bonds is 12. The van der Waals surface area contributed by atoms with Crippen LogP contribution in [0.15, 0.2) is 0 Å². The zero-order valence-electron chi connectivity index (χ0n) is 22.4. The Labute approximate surface area is 194 Å². The molecule has 1 nitrogen and oxygen atoms in total. The topological polar surface area (TPSA) is 9.23 Å². The molecule has 1 unspecified atom stereocenters. The van der Waals surface area contributed by atoms with Crippen molar-refractivity contribution < 1.29 is 4.74 Å². The first-order chi connectivity index (χ1) is 14.5. The third-order valence-corrected chi connectivity index (χ3v) is 8.28. The summed E-state index contributed by atoms with van der Waals surface area (Å²) in [5.41, 5.74) is 7.15. The number of fused-ring (bicyclic) bond motifs is 1. The molecule has 0 radical (unpaired) electrons. The highest BCUT2D eigenvalue weighted by Crippen LogP contribution is 2.42. The van der Waals surface area contributed by atoms with Crippen molar-refractivity contribution in [1.82, 2.24) is 0 Å². The standard InChI is InChI=1S/C30H52O/c1-21(2)13-10-14-22(3)15-11-16-23(4)17-12-19-30(9)20-18-28-26(7)24(5)25(6)27(8)29(28)31-30/h21-23H,10-20H2,1-9H3/t22?,23-,30+/m0/s1. The SMILES string of the molecule is Cc1c(C)c(C)c2c(c1C)CC[C@@](C)(CCC[C@@H](C)CCCC(C)CCCC(C)C)O2. The molecule has 0 aromatic heterocycles. The second kappa shape index (κ2) is 11.8. The summed E-state index contributed by atoms with van der Waals surface area (Å²) in [6.07, 6.45) is 14.6. The molecular formula is C30H52O. The second-order valence-electron chi connectivity index (χ2n) is 11.7. The van der Waals surface area contributed by atoms with Gasteiger partial charge in [-0.05, 0) is 106 Å². The third kappa shape index (κ3) is 7.54. The first-order valence-corrected chi connectivity index (χ1v) is 13.3. The van der Waals surface area contributed by atoms with Crippen molar-refractivity contribution in [3.8, 4) is 5.75 Å². The summed E-state index contributed by atoms with van der Waals surface area (Å²) in [6, 6.07) is 0. The normalized spacial score (nSPS) is 20.5. The number of hydrogen-bond donors (Lipinski definition) is 0. The quantitative estimate of drug-likeness (QED) is 0.322. The molecule has 1 aromatic carbocycles.